The van der Waals surface area contributed by atoms with Crippen LogP contribution in [0.2, 0.25) is 0 Å². The number of rotatable bonds is 17. The number of carbonyl (C=O) groups is 5. The molecule has 5 N–H and O–H groups in total. The number of methoxy groups -OCH3 is 1. The Bertz CT molecular complexity index is 1640. The summed E-state index contributed by atoms with van der Waals surface area (Å²) in [6.07, 6.45) is -2.07. The van der Waals surface area contributed by atoms with Crippen LogP contribution in [0, 0.1) is 5.92 Å². The van der Waals surface area contributed by atoms with Crippen molar-refractivity contribution in [3.05, 3.63) is 102 Å². The maximum Gasteiger partial charge on any atom is 0.408 e. The van der Waals surface area contributed by atoms with E-state index >= 15 is 0 Å². The Labute approximate surface area is 311 Å². The van der Waals surface area contributed by atoms with Crippen LogP contribution in [0.25, 0.3) is 0 Å². The summed E-state index contributed by atoms with van der Waals surface area (Å²) in [6, 6.07) is 20.7. The normalized spacial score (nSPS) is 14.1. The topological polar surface area (TPSA) is 181 Å². The number of hydrogen-bond acceptors (Lipinski definition) is 9. The Morgan fingerprint density at radius 1 is 0.642 bits per heavy atom. The smallest absolute Gasteiger partial charge is 0.408 e. The molecule has 0 unspecified atom stereocenters. The molecule has 4 amide bonds. The summed E-state index contributed by atoms with van der Waals surface area (Å²) >= 11 is 0. The minimum Gasteiger partial charge on any atom is -0.489 e. The number of nitrogens with one attached hydrogen (secondary N) is 4. The Morgan fingerprint density at radius 2 is 1.13 bits per heavy atom. The molecule has 53 heavy (non-hydrogen) atoms. The SMILES string of the molecule is COC(=O)[C@H](NC(=O)[C@H](Cc1ccc(OCc2ccccc2)cc1)NC(=O)[C@H](Cc1ccccc1)NC(=O)[C@@H](NC(=O)OC(C)(C)C)C(C)C)[C@@H](C)O. The van der Waals surface area contributed by atoms with E-state index in [1.165, 1.54) is 6.92 Å². The lowest BCUT2D eigenvalue weighted by molar-refractivity contribution is -0.148. The predicted octanol–water partition coefficient (Wildman–Crippen LogP) is 3.61. The fraction of sp³-hybridized carbons (Fsp3) is 0.425. The third-order valence-electron chi connectivity index (χ3n) is 8.02. The average molecular weight is 733 g/mol. The highest BCUT2D eigenvalue weighted by Gasteiger charge is 2.34. The Kier molecular flexibility index (Phi) is 15.8. The van der Waals surface area contributed by atoms with E-state index in [9.17, 15) is 29.1 Å². The molecule has 0 saturated carbocycles. The van der Waals surface area contributed by atoms with Gasteiger partial charge < -0.3 is 40.6 Å². The third-order valence-corrected chi connectivity index (χ3v) is 8.02. The van der Waals surface area contributed by atoms with Crippen LogP contribution in [0.3, 0.4) is 0 Å². The van der Waals surface area contributed by atoms with Crippen molar-refractivity contribution >= 4 is 29.8 Å². The molecule has 0 aromatic heterocycles. The van der Waals surface area contributed by atoms with Crippen molar-refractivity contribution in [3.8, 4) is 5.75 Å². The highest BCUT2D eigenvalue weighted by atomic mass is 16.6. The van der Waals surface area contributed by atoms with E-state index in [2.05, 4.69) is 21.3 Å². The molecule has 0 fully saturated rings. The van der Waals surface area contributed by atoms with Gasteiger partial charge in [0.25, 0.3) is 0 Å². The van der Waals surface area contributed by atoms with Crippen LogP contribution in [-0.4, -0.2) is 77.9 Å². The second-order valence-corrected chi connectivity index (χ2v) is 14.1. The van der Waals surface area contributed by atoms with Gasteiger partial charge in [-0.15, -0.1) is 0 Å². The zero-order valence-corrected chi connectivity index (χ0v) is 31.4. The van der Waals surface area contributed by atoms with Gasteiger partial charge in [-0.3, -0.25) is 14.4 Å². The van der Waals surface area contributed by atoms with Crippen LogP contribution in [0.15, 0.2) is 84.9 Å². The number of carbonyl (C=O) groups excluding carboxylic acids is 5. The van der Waals surface area contributed by atoms with Gasteiger partial charge in [0.2, 0.25) is 17.7 Å². The minimum absolute atomic E-state index is 0.0228. The first-order chi connectivity index (χ1) is 25.1. The summed E-state index contributed by atoms with van der Waals surface area (Å²) in [6.45, 7) is 10.3. The molecule has 286 valence electrons. The standard InChI is InChI=1S/C40H52N4O9/c1-25(2)33(44-39(50)53-40(4,5)6)37(48)42-31(22-27-14-10-8-11-15-27)35(46)41-32(36(47)43-34(26(3)45)38(49)51-7)23-28-18-20-30(21-19-28)52-24-29-16-12-9-13-17-29/h8-21,25-26,31-34,45H,22-24H2,1-7H3,(H,41,46)(H,42,48)(H,43,47)(H,44,50)/t26-,31+,32+,33+,34-/m1/s1. The monoisotopic (exact) mass is 732 g/mol. The van der Waals surface area contributed by atoms with Crippen molar-refractivity contribution in [2.75, 3.05) is 7.11 Å². The van der Waals surface area contributed by atoms with E-state index < -0.39 is 65.7 Å². The summed E-state index contributed by atoms with van der Waals surface area (Å²) < 4.78 is 16.0. The number of ether oxygens (including phenoxy) is 3. The number of aliphatic hydroxyl groups excluding tert-OH is 1. The molecular formula is C40H52N4O9. The zero-order chi connectivity index (χ0) is 39.1. The van der Waals surface area contributed by atoms with E-state index in [-0.39, 0.29) is 18.8 Å². The van der Waals surface area contributed by atoms with Crippen molar-refractivity contribution < 1.29 is 43.3 Å². The van der Waals surface area contributed by atoms with Crippen molar-refractivity contribution in [3.63, 3.8) is 0 Å². The number of alkyl carbamates (subject to hydrolysis) is 1. The highest BCUT2D eigenvalue weighted by molar-refractivity contribution is 5.95. The summed E-state index contributed by atoms with van der Waals surface area (Å²) in [5, 5.41) is 20.9. The third kappa shape index (κ3) is 14.3. The van der Waals surface area contributed by atoms with Gasteiger partial charge in [-0.1, -0.05) is 86.6 Å². The largest absolute Gasteiger partial charge is 0.489 e. The molecular weight excluding hydrogens is 680 g/mol. The van der Waals surface area contributed by atoms with Gasteiger partial charge in [0.1, 0.15) is 36.1 Å². The average Bonchev–Trinajstić information content (AvgIpc) is 3.11. The first-order valence-electron chi connectivity index (χ1n) is 17.5. The molecule has 0 heterocycles. The maximum atomic E-state index is 14.1. The molecule has 13 heteroatoms. The van der Waals surface area contributed by atoms with Gasteiger partial charge in [-0.05, 0) is 62.4 Å². The van der Waals surface area contributed by atoms with Crippen LogP contribution in [0.1, 0.15) is 58.2 Å². The lowest BCUT2D eigenvalue weighted by atomic mass is 10.00. The van der Waals surface area contributed by atoms with E-state index in [0.29, 0.717) is 17.9 Å². The predicted molar refractivity (Wildman–Crippen MR) is 199 cm³/mol. The quantitative estimate of drug-likeness (QED) is 0.130. The summed E-state index contributed by atoms with van der Waals surface area (Å²) in [5.74, 6) is -2.75. The van der Waals surface area contributed by atoms with Crippen LogP contribution in [0.5, 0.6) is 5.75 Å². The van der Waals surface area contributed by atoms with Crippen LogP contribution >= 0.6 is 0 Å². The molecule has 0 aliphatic rings. The maximum absolute atomic E-state index is 14.1. The van der Waals surface area contributed by atoms with E-state index in [0.717, 1.165) is 18.2 Å². The second kappa shape index (κ2) is 20.0. The van der Waals surface area contributed by atoms with Gasteiger partial charge in [0.05, 0.1) is 13.2 Å². The fourth-order valence-corrected chi connectivity index (χ4v) is 5.23. The van der Waals surface area contributed by atoms with Crippen molar-refractivity contribution in [2.24, 2.45) is 5.92 Å². The van der Waals surface area contributed by atoms with Crippen LogP contribution < -0.4 is 26.0 Å². The number of hydrogen-bond donors (Lipinski definition) is 5. The van der Waals surface area contributed by atoms with Crippen molar-refractivity contribution in [2.45, 2.75) is 96.9 Å². The van der Waals surface area contributed by atoms with E-state index in [1.807, 2.05) is 36.4 Å². The minimum atomic E-state index is -1.41. The summed E-state index contributed by atoms with van der Waals surface area (Å²) in [5.41, 5.74) is 1.56. The molecule has 5 atom stereocenters. The molecule has 0 bridgehead atoms. The molecule has 0 aliphatic carbocycles. The summed E-state index contributed by atoms with van der Waals surface area (Å²) in [4.78, 5) is 66.6. The fourth-order valence-electron chi connectivity index (χ4n) is 5.23. The lowest BCUT2D eigenvalue weighted by Crippen LogP contribution is -2.60. The number of amides is 4. The van der Waals surface area contributed by atoms with Gasteiger partial charge in [-0.2, -0.15) is 0 Å². The lowest BCUT2D eigenvalue weighted by Gasteiger charge is -2.28. The van der Waals surface area contributed by atoms with Gasteiger partial charge in [0.15, 0.2) is 6.04 Å². The van der Waals surface area contributed by atoms with Gasteiger partial charge in [-0.25, -0.2) is 9.59 Å². The first-order valence-corrected chi connectivity index (χ1v) is 17.5. The molecule has 0 radical (unpaired) electrons. The molecule has 0 saturated heterocycles. The molecule has 3 rings (SSSR count). The van der Waals surface area contributed by atoms with Crippen LogP contribution in [0.4, 0.5) is 4.79 Å². The number of benzene rings is 3. The van der Waals surface area contributed by atoms with E-state index in [4.69, 9.17) is 14.2 Å². The Balaban J connectivity index is 1.88. The zero-order valence-electron chi connectivity index (χ0n) is 31.4. The van der Waals surface area contributed by atoms with Gasteiger partial charge in [0, 0.05) is 12.8 Å². The molecule has 13 nitrogen and oxygen atoms in total. The van der Waals surface area contributed by atoms with Gasteiger partial charge >= 0.3 is 12.1 Å². The summed E-state index contributed by atoms with van der Waals surface area (Å²) in [7, 11) is 1.13. The highest BCUT2D eigenvalue weighted by Crippen LogP contribution is 2.17. The molecule has 0 aliphatic heterocycles. The van der Waals surface area contributed by atoms with E-state index in [1.54, 1.807) is 83.1 Å². The number of aliphatic hydroxyl groups is 1. The Morgan fingerprint density at radius 3 is 1.62 bits per heavy atom. The number of esters is 1. The molecule has 3 aromatic carbocycles. The van der Waals surface area contributed by atoms with Crippen molar-refractivity contribution in [1.82, 2.24) is 21.3 Å². The van der Waals surface area contributed by atoms with Crippen LogP contribution in [-0.2, 0) is 48.1 Å². The van der Waals surface area contributed by atoms with Crippen molar-refractivity contribution in [1.29, 1.82) is 0 Å². The molecule has 3 aromatic rings. The molecule has 0 spiro atoms. The second-order valence-electron chi connectivity index (χ2n) is 14.1. The Hall–Kier alpha value is -5.43. The first kappa shape index (κ1) is 42.0.